The van der Waals surface area contributed by atoms with Crippen LogP contribution >= 0.6 is 0 Å². The Hall–Kier alpha value is -1.04. The molecule has 0 saturated heterocycles. The summed E-state index contributed by atoms with van der Waals surface area (Å²) in [6.45, 7) is 2.25. The molecule has 0 amide bonds. The molecule has 1 aromatic carbocycles. The second-order valence-corrected chi connectivity index (χ2v) is 5.24. The highest BCUT2D eigenvalue weighted by atomic mass is 14.2. The third kappa shape index (κ3) is 3.73. The van der Waals surface area contributed by atoms with E-state index in [9.17, 15) is 0 Å². The summed E-state index contributed by atoms with van der Waals surface area (Å²) in [7, 11) is 0. The van der Waals surface area contributed by atoms with E-state index in [4.69, 9.17) is 0 Å². The van der Waals surface area contributed by atoms with Crippen LogP contribution in [-0.2, 0) is 0 Å². The quantitative estimate of drug-likeness (QED) is 0.612. The Bertz CT molecular complexity index is 328. The van der Waals surface area contributed by atoms with E-state index in [0.29, 0.717) is 0 Å². The number of rotatable bonds is 4. The number of benzene rings is 1. The molecule has 0 atom stereocenters. The molecular formula is C17H24. The Kier molecular flexibility index (Phi) is 4.85. The van der Waals surface area contributed by atoms with Gasteiger partial charge in [0.05, 0.1) is 0 Å². The molecule has 1 saturated carbocycles. The summed E-state index contributed by atoms with van der Waals surface area (Å²) in [6, 6.07) is 11.0. The van der Waals surface area contributed by atoms with Crippen LogP contribution in [0.1, 0.15) is 56.9 Å². The molecule has 1 aliphatic rings. The van der Waals surface area contributed by atoms with Crippen LogP contribution in [0.15, 0.2) is 42.5 Å². The molecule has 0 heteroatoms. The van der Waals surface area contributed by atoms with E-state index in [0.717, 1.165) is 11.8 Å². The summed E-state index contributed by atoms with van der Waals surface area (Å²) < 4.78 is 0. The van der Waals surface area contributed by atoms with Gasteiger partial charge in [0.15, 0.2) is 0 Å². The Labute approximate surface area is 106 Å². The van der Waals surface area contributed by atoms with E-state index >= 15 is 0 Å². The fourth-order valence-electron chi connectivity index (χ4n) is 2.83. The van der Waals surface area contributed by atoms with Gasteiger partial charge in [-0.05, 0) is 49.5 Å². The smallest absolute Gasteiger partial charge is 0.0162 e. The highest BCUT2D eigenvalue weighted by molar-refractivity contribution is 5.20. The third-order valence-corrected chi connectivity index (χ3v) is 3.91. The highest BCUT2D eigenvalue weighted by Crippen LogP contribution is 2.36. The second kappa shape index (κ2) is 6.64. The number of hydrogen-bond acceptors (Lipinski definition) is 0. The molecule has 0 spiro atoms. The predicted octanol–water partition coefficient (Wildman–Crippen LogP) is 5.32. The molecule has 0 N–H and O–H groups in total. The van der Waals surface area contributed by atoms with E-state index in [2.05, 4.69) is 49.4 Å². The SMILES string of the molecule is CCCC=CC1CCC(c2ccccc2)CC1. The van der Waals surface area contributed by atoms with Crippen LogP contribution in [0.3, 0.4) is 0 Å². The first-order chi connectivity index (χ1) is 8.40. The lowest BCUT2D eigenvalue weighted by Gasteiger charge is -2.27. The van der Waals surface area contributed by atoms with Crippen molar-refractivity contribution in [3.05, 3.63) is 48.0 Å². The van der Waals surface area contributed by atoms with Crippen molar-refractivity contribution in [2.24, 2.45) is 5.92 Å². The minimum atomic E-state index is 0.812. The van der Waals surface area contributed by atoms with Crippen molar-refractivity contribution >= 4 is 0 Å². The molecule has 0 radical (unpaired) electrons. The molecule has 2 rings (SSSR count). The third-order valence-electron chi connectivity index (χ3n) is 3.91. The van der Waals surface area contributed by atoms with Crippen molar-refractivity contribution in [2.45, 2.75) is 51.4 Å². The van der Waals surface area contributed by atoms with Gasteiger partial charge >= 0.3 is 0 Å². The van der Waals surface area contributed by atoms with Gasteiger partial charge in [0.25, 0.3) is 0 Å². The van der Waals surface area contributed by atoms with Gasteiger partial charge in [-0.2, -0.15) is 0 Å². The molecule has 0 aromatic heterocycles. The number of allylic oxidation sites excluding steroid dienone is 2. The normalized spacial score (nSPS) is 25.2. The Morgan fingerprint density at radius 2 is 1.76 bits per heavy atom. The maximum atomic E-state index is 2.46. The van der Waals surface area contributed by atoms with E-state index < -0.39 is 0 Å². The van der Waals surface area contributed by atoms with E-state index in [1.165, 1.54) is 38.5 Å². The molecule has 0 aliphatic heterocycles. The summed E-state index contributed by atoms with van der Waals surface area (Å²) in [4.78, 5) is 0. The molecule has 17 heavy (non-hydrogen) atoms. The maximum absolute atomic E-state index is 2.46. The van der Waals surface area contributed by atoms with Crippen molar-refractivity contribution < 1.29 is 0 Å². The zero-order chi connectivity index (χ0) is 11.9. The van der Waals surface area contributed by atoms with Crippen LogP contribution in [0.25, 0.3) is 0 Å². The fraction of sp³-hybridized carbons (Fsp3) is 0.529. The fourth-order valence-corrected chi connectivity index (χ4v) is 2.83. The van der Waals surface area contributed by atoms with Crippen molar-refractivity contribution in [2.75, 3.05) is 0 Å². The minimum Gasteiger partial charge on any atom is -0.0883 e. The van der Waals surface area contributed by atoms with Crippen molar-refractivity contribution in [1.82, 2.24) is 0 Å². The van der Waals surface area contributed by atoms with E-state index in [1.54, 1.807) is 5.56 Å². The molecule has 1 aromatic rings. The van der Waals surface area contributed by atoms with Crippen molar-refractivity contribution in [1.29, 1.82) is 0 Å². The van der Waals surface area contributed by atoms with Gasteiger partial charge in [-0.1, -0.05) is 55.8 Å². The standard InChI is InChI=1S/C17H24/c1-2-3-5-8-15-11-13-17(14-12-15)16-9-6-4-7-10-16/h4-10,15,17H,2-3,11-14H2,1H3. The summed E-state index contributed by atoms with van der Waals surface area (Å²) in [6.07, 6.45) is 12.8. The molecule has 1 fully saturated rings. The van der Waals surface area contributed by atoms with Gasteiger partial charge in [0.1, 0.15) is 0 Å². The van der Waals surface area contributed by atoms with Crippen LogP contribution in [0.5, 0.6) is 0 Å². The first kappa shape index (κ1) is 12.4. The van der Waals surface area contributed by atoms with E-state index in [1.807, 2.05) is 0 Å². The molecule has 0 bridgehead atoms. The van der Waals surface area contributed by atoms with Gasteiger partial charge < -0.3 is 0 Å². The predicted molar refractivity (Wildman–Crippen MR) is 75.2 cm³/mol. The average molecular weight is 228 g/mol. The first-order valence-corrected chi connectivity index (χ1v) is 7.11. The molecule has 92 valence electrons. The topological polar surface area (TPSA) is 0 Å². The Balaban J connectivity index is 1.82. The van der Waals surface area contributed by atoms with Gasteiger partial charge in [-0.15, -0.1) is 0 Å². The summed E-state index contributed by atoms with van der Waals surface area (Å²) in [5, 5.41) is 0. The zero-order valence-corrected chi connectivity index (χ0v) is 10.9. The summed E-state index contributed by atoms with van der Waals surface area (Å²) >= 11 is 0. The molecular weight excluding hydrogens is 204 g/mol. The van der Waals surface area contributed by atoms with Gasteiger partial charge in [-0.25, -0.2) is 0 Å². The minimum absolute atomic E-state index is 0.812. The monoisotopic (exact) mass is 228 g/mol. The summed E-state index contributed by atoms with van der Waals surface area (Å²) in [5.74, 6) is 1.66. The molecule has 0 unspecified atom stereocenters. The van der Waals surface area contributed by atoms with Gasteiger partial charge in [0, 0.05) is 0 Å². The highest BCUT2D eigenvalue weighted by Gasteiger charge is 2.20. The largest absolute Gasteiger partial charge is 0.0883 e. The lowest BCUT2D eigenvalue weighted by molar-refractivity contribution is 0.375. The van der Waals surface area contributed by atoms with Crippen LogP contribution in [0, 0.1) is 5.92 Å². The van der Waals surface area contributed by atoms with Crippen LogP contribution in [-0.4, -0.2) is 0 Å². The van der Waals surface area contributed by atoms with Gasteiger partial charge in [-0.3, -0.25) is 0 Å². The molecule has 1 aliphatic carbocycles. The lowest BCUT2D eigenvalue weighted by atomic mass is 9.78. The maximum Gasteiger partial charge on any atom is -0.0162 e. The Morgan fingerprint density at radius 1 is 1.06 bits per heavy atom. The van der Waals surface area contributed by atoms with Crippen LogP contribution < -0.4 is 0 Å². The van der Waals surface area contributed by atoms with Gasteiger partial charge in [0.2, 0.25) is 0 Å². The zero-order valence-electron chi connectivity index (χ0n) is 10.9. The lowest BCUT2D eigenvalue weighted by Crippen LogP contribution is -2.11. The number of hydrogen-bond donors (Lipinski definition) is 0. The second-order valence-electron chi connectivity index (χ2n) is 5.24. The summed E-state index contributed by atoms with van der Waals surface area (Å²) in [5.41, 5.74) is 1.54. The Morgan fingerprint density at radius 3 is 2.41 bits per heavy atom. The van der Waals surface area contributed by atoms with Crippen molar-refractivity contribution in [3.8, 4) is 0 Å². The molecule has 0 nitrogen and oxygen atoms in total. The first-order valence-electron chi connectivity index (χ1n) is 7.11. The van der Waals surface area contributed by atoms with E-state index in [-0.39, 0.29) is 0 Å². The van der Waals surface area contributed by atoms with Crippen LogP contribution in [0.2, 0.25) is 0 Å². The van der Waals surface area contributed by atoms with Crippen molar-refractivity contribution in [3.63, 3.8) is 0 Å². The number of unbranched alkanes of at least 4 members (excludes halogenated alkanes) is 1. The van der Waals surface area contributed by atoms with Crippen LogP contribution in [0.4, 0.5) is 0 Å². The average Bonchev–Trinajstić information content (AvgIpc) is 2.41. The molecule has 0 heterocycles.